The Labute approximate surface area is 168 Å². The summed E-state index contributed by atoms with van der Waals surface area (Å²) >= 11 is 1.82. The number of fused-ring (bicyclic) bond motifs is 2. The molecule has 3 aromatic heterocycles. The first kappa shape index (κ1) is 17.7. The number of piperidine rings is 1. The fourth-order valence-corrected chi connectivity index (χ4v) is 5.34. The summed E-state index contributed by atoms with van der Waals surface area (Å²) < 4.78 is 1.92. The van der Waals surface area contributed by atoms with Crippen LogP contribution in [0.4, 0.5) is 5.82 Å². The van der Waals surface area contributed by atoms with Crippen LogP contribution in [-0.4, -0.2) is 45.0 Å². The van der Waals surface area contributed by atoms with Gasteiger partial charge in [0.15, 0.2) is 5.65 Å². The first-order valence-electron chi connectivity index (χ1n) is 10.1. The van der Waals surface area contributed by atoms with Crippen molar-refractivity contribution in [3.8, 4) is 0 Å². The Morgan fingerprint density at radius 1 is 1.25 bits per heavy atom. The maximum Gasteiger partial charge on any atom is 0.223 e. The van der Waals surface area contributed by atoms with Crippen molar-refractivity contribution in [3.63, 3.8) is 0 Å². The standard InChI is InChI=1S/C21H25N5OS/c1-15-12-20(26-19(23-15)2-7-22-26)24-8-3-16(4-9-24)13-21(27)25-10-5-18-17(14-25)6-11-28-18/h2,6-7,11-12,16H,3-5,8-10,13-14H2,1H3. The molecule has 7 heteroatoms. The van der Waals surface area contributed by atoms with Crippen LogP contribution >= 0.6 is 11.3 Å². The van der Waals surface area contributed by atoms with Crippen LogP contribution in [0.5, 0.6) is 0 Å². The zero-order chi connectivity index (χ0) is 19.1. The number of amides is 1. The van der Waals surface area contributed by atoms with Gasteiger partial charge < -0.3 is 9.80 Å². The number of aromatic nitrogens is 3. The van der Waals surface area contributed by atoms with Crippen molar-refractivity contribution in [1.29, 1.82) is 0 Å². The lowest BCUT2D eigenvalue weighted by Crippen LogP contribution is -2.39. The van der Waals surface area contributed by atoms with Gasteiger partial charge in [-0.25, -0.2) is 4.98 Å². The van der Waals surface area contributed by atoms with Crippen molar-refractivity contribution in [2.75, 3.05) is 24.5 Å². The molecule has 2 aliphatic rings. The molecule has 1 amide bonds. The molecule has 6 nitrogen and oxygen atoms in total. The monoisotopic (exact) mass is 395 g/mol. The molecule has 5 rings (SSSR count). The van der Waals surface area contributed by atoms with Crippen LogP contribution in [-0.2, 0) is 17.8 Å². The van der Waals surface area contributed by atoms with Crippen LogP contribution in [0.15, 0.2) is 29.8 Å². The van der Waals surface area contributed by atoms with E-state index in [1.54, 1.807) is 6.20 Å². The number of aryl methyl sites for hydroxylation is 1. The fraction of sp³-hybridized carbons (Fsp3) is 0.476. The van der Waals surface area contributed by atoms with Crippen molar-refractivity contribution in [1.82, 2.24) is 19.5 Å². The average molecular weight is 396 g/mol. The lowest BCUT2D eigenvalue weighted by molar-refractivity contribution is -0.133. The highest BCUT2D eigenvalue weighted by Crippen LogP contribution is 2.28. The van der Waals surface area contributed by atoms with Gasteiger partial charge in [0.25, 0.3) is 0 Å². The summed E-state index contributed by atoms with van der Waals surface area (Å²) in [4.78, 5) is 23.3. The number of hydrogen-bond acceptors (Lipinski definition) is 5. The van der Waals surface area contributed by atoms with Gasteiger partial charge in [-0.1, -0.05) is 0 Å². The fourth-order valence-electron chi connectivity index (χ4n) is 4.45. The number of carbonyl (C=O) groups excluding carboxylic acids is 1. The lowest BCUT2D eigenvalue weighted by Gasteiger charge is -2.35. The van der Waals surface area contributed by atoms with Crippen LogP contribution < -0.4 is 4.90 Å². The SMILES string of the molecule is Cc1cc(N2CCC(CC(=O)N3CCc4sccc4C3)CC2)n2nccc2n1. The second kappa shape index (κ2) is 7.20. The molecule has 0 spiro atoms. The van der Waals surface area contributed by atoms with E-state index in [0.29, 0.717) is 18.2 Å². The van der Waals surface area contributed by atoms with E-state index < -0.39 is 0 Å². The summed E-state index contributed by atoms with van der Waals surface area (Å²) in [5, 5.41) is 6.57. The molecule has 0 unspecified atom stereocenters. The van der Waals surface area contributed by atoms with Gasteiger partial charge in [0, 0.05) is 55.3 Å². The summed E-state index contributed by atoms with van der Waals surface area (Å²) in [5.41, 5.74) is 3.25. The molecule has 0 bridgehead atoms. The summed E-state index contributed by atoms with van der Waals surface area (Å²) in [6.07, 6.45) is 5.59. The van der Waals surface area contributed by atoms with Crippen LogP contribution in [0.3, 0.4) is 0 Å². The average Bonchev–Trinajstić information content (AvgIpc) is 3.36. The normalized spacial score (nSPS) is 17.9. The molecule has 5 heterocycles. The molecule has 28 heavy (non-hydrogen) atoms. The van der Waals surface area contributed by atoms with Gasteiger partial charge in [0.1, 0.15) is 5.82 Å². The Morgan fingerprint density at radius 3 is 2.96 bits per heavy atom. The molecule has 0 N–H and O–H groups in total. The van der Waals surface area contributed by atoms with Gasteiger partial charge in [-0.15, -0.1) is 11.3 Å². The van der Waals surface area contributed by atoms with Crippen LogP contribution in [0.1, 0.15) is 35.4 Å². The molecule has 3 aromatic rings. The van der Waals surface area contributed by atoms with Crippen LogP contribution in [0, 0.1) is 12.8 Å². The number of carbonyl (C=O) groups is 1. The zero-order valence-electron chi connectivity index (χ0n) is 16.2. The van der Waals surface area contributed by atoms with Crippen molar-refractivity contribution in [3.05, 3.63) is 45.9 Å². The van der Waals surface area contributed by atoms with Gasteiger partial charge in [-0.05, 0) is 49.1 Å². The van der Waals surface area contributed by atoms with E-state index in [9.17, 15) is 4.79 Å². The number of nitrogens with zero attached hydrogens (tertiary/aromatic N) is 5. The predicted octanol–water partition coefficient (Wildman–Crippen LogP) is 3.29. The number of rotatable bonds is 3. The molecule has 1 saturated heterocycles. The minimum Gasteiger partial charge on any atom is -0.356 e. The summed E-state index contributed by atoms with van der Waals surface area (Å²) in [5.74, 6) is 1.91. The van der Waals surface area contributed by atoms with E-state index >= 15 is 0 Å². The molecule has 0 atom stereocenters. The zero-order valence-corrected chi connectivity index (χ0v) is 17.0. The molecule has 0 aliphatic carbocycles. The number of hydrogen-bond donors (Lipinski definition) is 0. The first-order chi connectivity index (χ1) is 13.7. The van der Waals surface area contributed by atoms with E-state index in [4.69, 9.17) is 0 Å². The van der Waals surface area contributed by atoms with E-state index in [0.717, 1.165) is 62.6 Å². The van der Waals surface area contributed by atoms with Gasteiger partial charge >= 0.3 is 0 Å². The third-order valence-electron chi connectivity index (χ3n) is 6.03. The highest BCUT2D eigenvalue weighted by Gasteiger charge is 2.27. The molecule has 0 saturated carbocycles. The van der Waals surface area contributed by atoms with E-state index in [1.807, 2.05) is 28.8 Å². The van der Waals surface area contributed by atoms with Crippen LogP contribution in [0.2, 0.25) is 0 Å². The van der Waals surface area contributed by atoms with Gasteiger partial charge in [-0.2, -0.15) is 9.61 Å². The highest BCUT2D eigenvalue weighted by atomic mass is 32.1. The molecular weight excluding hydrogens is 370 g/mol. The summed E-state index contributed by atoms with van der Waals surface area (Å²) in [7, 11) is 0. The molecule has 146 valence electrons. The Kier molecular flexibility index (Phi) is 4.55. The maximum atomic E-state index is 12.8. The van der Waals surface area contributed by atoms with Crippen molar-refractivity contribution in [2.45, 2.75) is 39.2 Å². The molecular formula is C21H25N5OS. The van der Waals surface area contributed by atoms with E-state index in [2.05, 4.69) is 37.4 Å². The number of anilines is 1. The Balaban J connectivity index is 1.20. The van der Waals surface area contributed by atoms with Crippen molar-refractivity contribution in [2.24, 2.45) is 5.92 Å². The quantitative estimate of drug-likeness (QED) is 0.683. The Morgan fingerprint density at radius 2 is 2.11 bits per heavy atom. The van der Waals surface area contributed by atoms with Gasteiger partial charge in [0.05, 0.1) is 6.20 Å². The maximum absolute atomic E-state index is 12.8. The highest BCUT2D eigenvalue weighted by molar-refractivity contribution is 7.10. The van der Waals surface area contributed by atoms with Crippen LogP contribution in [0.25, 0.3) is 5.65 Å². The second-order valence-electron chi connectivity index (χ2n) is 7.93. The van der Waals surface area contributed by atoms with E-state index in [-0.39, 0.29) is 0 Å². The molecule has 0 aromatic carbocycles. The van der Waals surface area contributed by atoms with Gasteiger partial charge in [-0.3, -0.25) is 4.79 Å². The van der Waals surface area contributed by atoms with E-state index in [1.165, 1.54) is 10.4 Å². The lowest BCUT2D eigenvalue weighted by atomic mass is 9.92. The minimum absolute atomic E-state index is 0.324. The second-order valence-corrected chi connectivity index (χ2v) is 8.93. The molecule has 1 fully saturated rings. The van der Waals surface area contributed by atoms with Crippen molar-refractivity contribution >= 4 is 28.7 Å². The smallest absolute Gasteiger partial charge is 0.223 e. The predicted molar refractivity (Wildman–Crippen MR) is 111 cm³/mol. The Hall–Kier alpha value is -2.41. The molecule has 0 radical (unpaired) electrons. The Bertz CT molecular complexity index is 1000. The minimum atomic E-state index is 0.324. The molecule has 2 aliphatic heterocycles. The summed E-state index contributed by atoms with van der Waals surface area (Å²) in [6.45, 7) is 5.62. The largest absolute Gasteiger partial charge is 0.356 e. The number of thiophene rings is 1. The van der Waals surface area contributed by atoms with Gasteiger partial charge in [0.2, 0.25) is 5.91 Å². The third kappa shape index (κ3) is 3.28. The summed E-state index contributed by atoms with van der Waals surface area (Å²) in [6, 6.07) is 6.22. The topological polar surface area (TPSA) is 53.7 Å². The third-order valence-corrected chi connectivity index (χ3v) is 7.05. The first-order valence-corrected chi connectivity index (χ1v) is 10.9. The van der Waals surface area contributed by atoms with Crippen molar-refractivity contribution < 1.29 is 4.79 Å².